The molecular weight excluding hydrogens is 222 g/mol. The van der Waals surface area contributed by atoms with E-state index in [-0.39, 0.29) is 5.97 Å². The SMILES string of the molecule is CCOC(=O)/C=C/c1cc2cccnc2s1. The van der Waals surface area contributed by atoms with E-state index in [1.165, 1.54) is 6.08 Å². The van der Waals surface area contributed by atoms with E-state index in [0.717, 1.165) is 15.1 Å². The normalized spacial score (nSPS) is 11.1. The molecule has 0 saturated heterocycles. The fourth-order valence-electron chi connectivity index (χ4n) is 1.32. The smallest absolute Gasteiger partial charge is 0.330 e. The summed E-state index contributed by atoms with van der Waals surface area (Å²) in [5.41, 5.74) is 0. The summed E-state index contributed by atoms with van der Waals surface area (Å²) in [5, 5.41) is 1.09. The number of ether oxygens (including phenoxy) is 1. The Bertz CT molecular complexity index is 498. The van der Waals surface area contributed by atoms with E-state index >= 15 is 0 Å². The minimum Gasteiger partial charge on any atom is -0.463 e. The average Bonchev–Trinajstić information content (AvgIpc) is 2.69. The van der Waals surface area contributed by atoms with Crippen molar-refractivity contribution in [2.45, 2.75) is 6.92 Å². The molecule has 0 bridgehead atoms. The first-order valence-electron chi connectivity index (χ1n) is 4.99. The van der Waals surface area contributed by atoms with Gasteiger partial charge in [0.2, 0.25) is 0 Å². The topological polar surface area (TPSA) is 39.2 Å². The summed E-state index contributed by atoms with van der Waals surface area (Å²) in [7, 11) is 0. The number of fused-ring (bicyclic) bond motifs is 1. The zero-order valence-electron chi connectivity index (χ0n) is 8.84. The first-order chi connectivity index (χ1) is 7.79. The molecule has 0 amide bonds. The lowest BCUT2D eigenvalue weighted by atomic mass is 10.3. The minimum absolute atomic E-state index is 0.312. The summed E-state index contributed by atoms with van der Waals surface area (Å²) >= 11 is 1.55. The number of hydrogen-bond donors (Lipinski definition) is 0. The molecule has 82 valence electrons. The van der Waals surface area contributed by atoms with Gasteiger partial charge in [-0.3, -0.25) is 0 Å². The lowest BCUT2D eigenvalue weighted by Crippen LogP contribution is -1.98. The van der Waals surface area contributed by atoms with Gasteiger partial charge in [0, 0.05) is 22.5 Å². The average molecular weight is 233 g/mol. The van der Waals surface area contributed by atoms with Crippen molar-refractivity contribution in [2.24, 2.45) is 0 Å². The first kappa shape index (κ1) is 10.8. The van der Waals surface area contributed by atoms with Crippen molar-refractivity contribution in [3.8, 4) is 0 Å². The van der Waals surface area contributed by atoms with E-state index in [2.05, 4.69) is 4.98 Å². The second kappa shape index (κ2) is 4.90. The van der Waals surface area contributed by atoms with Crippen molar-refractivity contribution < 1.29 is 9.53 Å². The Morgan fingerprint density at radius 3 is 3.25 bits per heavy atom. The van der Waals surface area contributed by atoms with Gasteiger partial charge in [-0.25, -0.2) is 9.78 Å². The van der Waals surface area contributed by atoms with Gasteiger partial charge in [-0.1, -0.05) is 6.07 Å². The molecule has 0 atom stereocenters. The van der Waals surface area contributed by atoms with E-state index in [1.807, 2.05) is 18.2 Å². The van der Waals surface area contributed by atoms with Crippen LogP contribution in [0.2, 0.25) is 0 Å². The van der Waals surface area contributed by atoms with E-state index < -0.39 is 0 Å². The zero-order chi connectivity index (χ0) is 11.4. The van der Waals surface area contributed by atoms with Crippen LogP contribution in [0.5, 0.6) is 0 Å². The Hall–Kier alpha value is -1.68. The summed E-state index contributed by atoms with van der Waals surface area (Å²) in [6.45, 7) is 2.19. The second-order valence-electron chi connectivity index (χ2n) is 3.13. The van der Waals surface area contributed by atoms with Crippen molar-refractivity contribution in [1.82, 2.24) is 4.98 Å². The van der Waals surface area contributed by atoms with Gasteiger partial charge in [-0.2, -0.15) is 0 Å². The van der Waals surface area contributed by atoms with Crippen LogP contribution in [-0.2, 0) is 9.53 Å². The maximum Gasteiger partial charge on any atom is 0.330 e. The van der Waals surface area contributed by atoms with Crippen molar-refractivity contribution >= 4 is 33.6 Å². The number of aromatic nitrogens is 1. The first-order valence-corrected chi connectivity index (χ1v) is 5.80. The molecule has 16 heavy (non-hydrogen) atoms. The highest BCUT2D eigenvalue weighted by molar-refractivity contribution is 7.19. The van der Waals surface area contributed by atoms with Crippen molar-refractivity contribution in [3.63, 3.8) is 0 Å². The molecule has 0 aliphatic carbocycles. The molecule has 3 nitrogen and oxygen atoms in total. The Morgan fingerprint density at radius 2 is 2.50 bits per heavy atom. The fourth-order valence-corrected chi connectivity index (χ4v) is 2.22. The standard InChI is InChI=1S/C12H11NO2S/c1-2-15-11(14)6-5-10-8-9-4-3-7-13-12(9)16-10/h3-8H,2H2,1H3/b6-5+. The van der Waals surface area contributed by atoms with Gasteiger partial charge in [0.05, 0.1) is 6.61 Å². The minimum atomic E-state index is -0.312. The van der Waals surface area contributed by atoms with E-state index in [4.69, 9.17) is 4.74 Å². The Balaban J connectivity index is 2.18. The van der Waals surface area contributed by atoms with Gasteiger partial charge in [0.15, 0.2) is 0 Å². The van der Waals surface area contributed by atoms with Crippen LogP contribution in [0.4, 0.5) is 0 Å². The maximum atomic E-state index is 11.1. The molecule has 2 aromatic heterocycles. The fraction of sp³-hybridized carbons (Fsp3) is 0.167. The van der Waals surface area contributed by atoms with Gasteiger partial charge in [-0.05, 0) is 25.1 Å². The van der Waals surface area contributed by atoms with Crippen LogP contribution in [0.15, 0.2) is 30.5 Å². The Kier molecular flexibility index (Phi) is 3.31. The number of rotatable bonds is 3. The van der Waals surface area contributed by atoms with Crippen LogP contribution in [0.3, 0.4) is 0 Å². The van der Waals surface area contributed by atoms with Crippen molar-refractivity contribution in [2.75, 3.05) is 6.61 Å². The van der Waals surface area contributed by atoms with Gasteiger partial charge < -0.3 is 4.74 Å². The van der Waals surface area contributed by atoms with Crippen molar-refractivity contribution in [1.29, 1.82) is 0 Å². The summed E-state index contributed by atoms with van der Waals surface area (Å²) in [5.74, 6) is -0.312. The predicted molar refractivity (Wildman–Crippen MR) is 65.3 cm³/mol. The van der Waals surface area contributed by atoms with Gasteiger partial charge in [-0.15, -0.1) is 11.3 Å². The van der Waals surface area contributed by atoms with Crippen LogP contribution in [0.1, 0.15) is 11.8 Å². The summed E-state index contributed by atoms with van der Waals surface area (Å²) in [4.78, 5) is 17.3. The molecule has 0 aliphatic rings. The number of carbonyl (C=O) groups excluding carboxylic acids is 1. The molecular formula is C12H11NO2S. The highest BCUT2D eigenvalue weighted by atomic mass is 32.1. The maximum absolute atomic E-state index is 11.1. The van der Waals surface area contributed by atoms with Gasteiger partial charge >= 0.3 is 5.97 Å². The third-order valence-electron chi connectivity index (χ3n) is 1.98. The second-order valence-corrected chi connectivity index (χ2v) is 4.19. The Labute approximate surface area is 97.4 Å². The lowest BCUT2D eigenvalue weighted by molar-refractivity contribution is -0.137. The monoisotopic (exact) mass is 233 g/mol. The highest BCUT2D eigenvalue weighted by Crippen LogP contribution is 2.24. The molecule has 2 heterocycles. The summed E-state index contributed by atoms with van der Waals surface area (Å²) in [6.07, 6.45) is 4.95. The largest absolute Gasteiger partial charge is 0.463 e. The lowest BCUT2D eigenvalue weighted by Gasteiger charge is -1.92. The molecule has 0 fully saturated rings. The summed E-state index contributed by atoms with van der Waals surface area (Å²) in [6, 6.07) is 5.90. The number of nitrogens with zero attached hydrogens (tertiary/aromatic N) is 1. The molecule has 2 rings (SSSR count). The molecule has 0 aromatic carbocycles. The van der Waals surface area contributed by atoms with Crippen LogP contribution < -0.4 is 0 Å². The van der Waals surface area contributed by atoms with Gasteiger partial charge in [0.1, 0.15) is 4.83 Å². The van der Waals surface area contributed by atoms with Crippen LogP contribution in [-0.4, -0.2) is 17.6 Å². The van der Waals surface area contributed by atoms with Crippen LogP contribution >= 0.6 is 11.3 Å². The van der Waals surface area contributed by atoms with Crippen LogP contribution in [0, 0.1) is 0 Å². The van der Waals surface area contributed by atoms with E-state index in [0.29, 0.717) is 6.61 Å². The Morgan fingerprint density at radius 1 is 1.62 bits per heavy atom. The third kappa shape index (κ3) is 2.46. The number of carbonyl (C=O) groups is 1. The molecule has 0 N–H and O–H groups in total. The van der Waals surface area contributed by atoms with Gasteiger partial charge in [0.25, 0.3) is 0 Å². The third-order valence-corrected chi connectivity index (χ3v) is 3.01. The van der Waals surface area contributed by atoms with Crippen molar-refractivity contribution in [3.05, 3.63) is 35.3 Å². The molecule has 0 saturated carbocycles. The number of thiophene rings is 1. The molecule has 2 aromatic rings. The highest BCUT2D eigenvalue weighted by Gasteiger charge is 2.00. The molecule has 0 spiro atoms. The molecule has 4 heteroatoms. The number of hydrogen-bond acceptors (Lipinski definition) is 4. The number of pyridine rings is 1. The molecule has 0 radical (unpaired) electrons. The quantitative estimate of drug-likeness (QED) is 0.604. The van der Waals surface area contributed by atoms with Crippen LogP contribution in [0.25, 0.3) is 16.3 Å². The number of esters is 1. The van der Waals surface area contributed by atoms with E-state index in [1.54, 1.807) is 30.5 Å². The van der Waals surface area contributed by atoms with E-state index in [9.17, 15) is 4.79 Å². The summed E-state index contributed by atoms with van der Waals surface area (Å²) < 4.78 is 4.80. The predicted octanol–water partition coefficient (Wildman–Crippen LogP) is 2.87. The molecule has 0 unspecified atom stereocenters. The zero-order valence-corrected chi connectivity index (χ0v) is 9.66. The molecule has 0 aliphatic heterocycles.